The fraction of sp³-hybridized carbons (Fsp3) is 0.867. The highest BCUT2D eigenvalue weighted by atomic mass is 32.2. The topological polar surface area (TPSA) is 42.7 Å². The van der Waals surface area contributed by atoms with Crippen LogP contribution in [0.15, 0.2) is 6.33 Å². The van der Waals surface area contributed by atoms with Gasteiger partial charge in [-0.2, -0.15) is 16.9 Å². The van der Waals surface area contributed by atoms with E-state index in [4.69, 9.17) is 0 Å². The predicted molar refractivity (Wildman–Crippen MR) is 88.4 cm³/mol. The fourth-order valence-corrected chi connectivity index (χ4v) is 3.04. The highest BCUT2D eigenvalue weighted by Crippen LogP contribution is 2.17. The lowest BCUT2D eigenvalue weighted by atomic mass is 10.2. The van der Waals surface area contributed by atoms with Crippen LogP contribution in [0.2, 0.25) is 0 Å². The standard InChI is InChI=1S/C15H30N4S/c1-6-8-16-14(10-20-13(5)7-2)9-15-17-11-18-19(15)12(3)4/h11-14,16H,6-10H2,1-5H3. The molecule has 1 aromatic heterocycles. The summed E-state index contributed by atoms with van der Waals surface area (Å²) < 4.78 is 2.04. The summed E-state index contributed by atoms with van der Waals surface area (Å²) in [5.74, 6) is 2.23. The van der Waals surface area contributed by atoms with E-state index in [1.54, 1.807) is 6.33 Å². The van der Waals surface area contributed by atoms with Gasteiger partial charge >= 0.3 is 0 Å². The van der Waals surface area contributed by atoms with Gasteiger partial charge in [-0.25, -0.2) is 9.67 Å². The summed E-state index contributed by atoms with van der Waals surface area (Å²) >= 11 is 2.05. The maximum Gasteiger partial charge on any atom is 0.138 e. The van der Waals surface area contributed by atoms with E-state index in [0.29, 0.717) is 12.1 Å². The molecule has 0 aliphatic heterocycles. The van der Waals surface area contributed by atoms with Crippen molar-refractivity contribution in [3.63, 3.8) is 0 Å². The van der Waals surface area contributed by atoms with E-state index < -0.39 is 0 Å². The second-order valence-corrected chi connectivity index (χ2v) is 7.09. The predicted octanol–water partition coefficient (Wildman–Crippen LogP) is 3.30. The van der Waals surface area contributed by atoms with Crippen LogP contribution in [0.4, 0.5) is 0 Å². The Kier molecular flexibility index (Phi) is 8.22. The Morgan fingerprint density at radius 2 is 2.05 bits per heavy atom. The number of aromatic nitrogens is 3. The highest BCUT2D eigenvalue weighted by molar-refractivity contribution is 7.99. The molecule has 0 bridgehead atoms. The van der Waals surface area contributed by atoms with Crippen molar-refractivity contribution in [3.05, 3.63) is 12.2 Å². The first-order chi connectivity index (χ1) is 9.58. The van der Waals surface area contributed by atoms with Gasteiger partial charge in [0.05, 0.1) is 0 Å². The summed E-state index contributed by atoms with van der Waals surface area (Å²) in [5.41, 5.74) is 0. The van der Waals surface area contributed by atoms with Gasteiger partial charge in [-0.3, -0.25) is 0 Å². The van der Waals surface area contributed by atoms with E-state index in [1.807, 2.05) is 4.68 Å². The largest absolute Gasteiger partial charge is 0.313 e. The zero-order valence-electron chi connectivity index (χ0n) is 13.6. The van der Waals surface area contributed by atoms with Gasteiger partial charge in [-0.05, 0) is 33.2 Å². The molecule has 0 amide bonds. The Balaban J connectivity index is 2.60. The molecule has 20 heavy (non-hydrogen) atoms. The van der Waals surface area contributed by atoms with E-state index in [0.717, 1.165) is 29.8 Å². The Morgan fingerprint density at radius 1 is 1.30 bits per heavy atom. The van der Waals surface area contributed by atoms with Crippen molar-refractivity contribution in [3.8, 4) is 0 Å². The van der Waals surface area contributed by atoms with Crippen LogP contribution in [0.1, 0.15) is 59.3 Å². The number of hydrogen-bond donors (Lipinski definition) is 1. The zero-order chi connectivity index (χ0) is 15.0. The second kappa shape index (κ2) is 9.40. The average Bonchev–Trinajstić information content (AvgIpc) is 2.89. The van der Waals surface area contributed by atoms with Crippen molar-refractivity contribution < 1.29 is 0 Å². The minimum Gasteiger partial charge on any atom is -0.313 e. The lowest BCUT2D eigenvalue weighted by Crippen LogP contribution is -2.35. The highest BCUT2D eigenvalue weighted by Gasteiger charge is 2.15. The molecule has 116 valence electrons. The van der Waals surface area contributed by atoms with Crippen LogP contribution in [0, 0.1) is 0 Å². The maximum atomic E-state index is 4.44. The van der Waals surface area contributed by atoms with Crippen LogP contribution in [0.25, 0.3) is 0 Å². The minimum absolute atomic E-state index is 0.376. The molecule has 0 radical (unpaired) electrons. The summed E-state index contributed by atoms with van der Waals surface area (Å²) in [4.78, 5) is 4.44. The summed E-state index contributed by atoms with van der Waals surface area (Å²) in [7, 11) is 0. The third kappa shape index (κ3) is 5.83. The van der Waals surface area contributed by atoms with Gasteiger partial charge < -0.3 is 5.32 Å². The first kappa shape index (κ1) is 17.5. The van der Waals surface area contributed by atoms with Gasteiger partial charge in [0.15, 0.2) is 0 Å². The summed E-state index contributed by atoms with van der Waals surface area (Å²) in [6, 6.07) is 0.859. The Morgan fingerprint density at radius 3 is 2.65 bits per heavy atom. The van der Waals surface area contributed by atoms with Crippen molar-refractivity contribution in [2.45, 2.75) is 71.2 Å². The second-order valence-electron chi connectivity index (χ2n) is 5.62. The van der Waals surface area contributed by atoms with Crippen molar-refractivity contribution in [1.82, 2.24) is 20.1 Å². The summed E-state index contributed by atoms with van der Waals surface area (Å²) in [6.45, 7) is 12.1. The van der Waals surface area contributed by atoms with Crippen molar-refractivity contribution in [1.29, 1.82) is 0 Å². The van der Waals surface area contributed by atoms with Gasteiger partial charge in [-0.15, -0.1) is 0 Å². The van der Waals surface area contributed by atoms with Crippen LogP contribution in [0.3, 0.4) is 0 Å². The lowest BCUT2D eigenvalue weighted by Gasteiger charge is -2.20. The van der Waals surface area contributed by atoms with Gasteiger partial charge in [0, 0.05) is 29.5 Å². The maximum absolute atomic E-state index is 4.44. The molecule has 2 atom stereocenters. The molecule has 4 nitrogen and oxygen atoms in total. The van der Waals surface area contributed by atoms with Crippen LogP contribution in [-0.2, 0) is 6.42 Å². The first-order valence-electron chi connectivity index (χ1n) is 7.81. The molecular weight excluding hydrogens is 268 g/mol. The Bertz CT molecular complexity index is 365. The summed E-state index contributed by atoms with van der Waals surface area (Å²) in [5, 5.41) is 8.71. The molecule has 0 aromatic carbocycles. The molecule has 0 fully saturated rings. The minimum atomic E-state index is 0.376. The van der Waals surface area contributed by atoms with Gasteiger partial charge in [-0.1, -0.05) is 20.8 Å². The smallest absolute Gasteiger partial charge is 0.138 e. The molecule has 0 spiro atoms. The van der Waals surface area contributed by atoms with Gasteiger partial charge in [0.25, 0.3) is 0 Å². The number of thioether (sulfide) groups is 1. The number of hydrogen-bond acceptors (Lipinski definition) is 4. The van der Waals surface area contributed by atoms with Gasteiger partial charge in [0.1, 0.15) is 12.2 Å². The van der Waals surface area contributed by atoms with Crippen LogP contribution in [-0.4, -0.2) is 38.4 Å². The average molecular weight is 298 g/mol. The van der Waals surface area contributed by atoms with E-state index >= 15 is 0 Å². The van der Waals surface area contributed by atoms with E-state index in [1.165, 1.54) is 12.8 Å². The zero-order valence-corrected chi connectivity index (χ0v) is 14.4. The van der Waals surface area contributed by atoms with Crippen molar-refractivity contribution in [2.75, 3.05) is 12.3 Å². The number of nitrogens with zero attached hydrogens (tertiary/aromatic N) is 3. The van der Waals surface area contributed by atoms with Crippen LogP contribution < -0.4 is 5.32 Å². The molecule has 0 saturated carbocycles. The molecule has 0 aliphatic rings. The molecule has 1 rings (SSSR count). The van der Waals surface area contributed by atoms with Gasteiger partial charge in [0.2, 0.25) is 0 Å². The van der Waals surface area contributed by atoms with Crippen LogP contribution in [0.5, 0.6) is 0 Å². The molecule has 5 heteroatoms. The molecular formula is C15H30N4S. The normalized spacial score (nSPS) is 14.7. The van der Waals surface area contributed by atoms with E-state index in [2.05, 4.69) is 61.8 Å². The van der Waals surface area contributed by atoms with E-state index in [-0.39, 0.29) is 0 Å². The van der Waals surface area contributed by atoms with E-state index in [9.17, 15) is 0 Å². The molecule has 1 aromatic rings. The Hall–Kier alpha value is -0.550. The Labute approximate surface area is 128 Å². The van der Waals surface area contributed by atoms with Crippen LogP contribution >= 0.6 is 11.8 Å². The quantitative estimate of drug-likeness (QED) is 0.720. The molecule has 1 heterocycles. The third-order valence-electron chi connectivity index (χ3n) is 3.41. The molecule has 0 saturated heterocycles. The number of nitrogens with one attached hydrogen (secondary N) is 1. The van der Waals surface area contributed by atoms with Crippen molar-refractivity contribution in [2.24, 2.45) is 0 Å². The fourth-order valence-electron chi connectivity index (χ4n) is 2.01. The third-order valence-corrected chi connectivity index (χ3v) is 4.90. The summed E-state index contributed by atoms with van der Waals surface area (Å²) in [6.07, 6.45) is 5.03. The lowest BCUT2D eigenvalue weighted by molar-refractivity contribution is 0.472. The molecule has 1 N–H and O–H groups in total. The monoisotopic (exact) mass is 298 g/mol. The van der Waals surface area contributed by atoms with Crippen molar-refractivity contribution >= 4 is 11.8 Å². The molecule has 2 unspecified atom stereocenters. The molecule has 0 aliphatic carbocycles. The first-order valence-corrected chi connectivity index (χ1v) is 8.86. The SMILES string of the molecule is CCCNC(CSC(C)CC)Cc1ncnn1C(C)C. The number of rotatable bonds is 10.